The van der Waals surface area contributed by atoms with Crippen LogP contribution in [0.3, 0.4) is 0 Å². The number of nitrogens with zero attached hydrogens (tertiary/aromatic N) is 3. The molecule has 4 heteroatoms. The lowest BCUT2D eigenvalue weighted by Crippen LogP contribution is -1.95. The molecule has 8 rings (SSSR count). The van der Waals surface area contributed by atoms with Gasteiger partial charge in [-0.15, -0.1) is 0 Å². The van der Waals surface area contributed by atoms with Crippen molar-refractivity contribution < 1.29 is 4.42 Å². The van der Waals surface area contributed by atoms with E-state index >= 15 is 0 Å². The number of rotatable bonds is 4. The van der Waals surface area contributed by atoms with E-state index in [0.717, 1.165) is 72.2 Å². The minimum atomic E-state index is 0.701. The maximum atomic E-state index is 6.08. The van der Waals surface area contributed by atoms with E-state index in [1.807, 2.05) is 54.6 Å². The van der Waals surface area contributed by atoms with E-state index in [9.17, 15) is 0 Å². The second-order valence-electron chi connectivity index (χ2n) is 10.1. The molecule has 0 fully saturated rings. The van der Waals surface area contributed by atoms with E-state index < -0.39 is 0 Å². The molecule has 0 aliphatic carbocycles. The Hall–Kier alpha value is -5.61. The first-order valence-electron chi connectivity index (χ1n) is 13.6. The Bertz CT molecular complexity index is 2130. The van der Waals surface area contributed by atoms with Crippen LogP contribution in [0.5, 0.6) is 0 Å². The molecular weight excluding hydrogens is 502 g/mol. The normalized spacial score (nSPS) is 11.4. The van der Waals surface area contributed by atoms with Crippen LogP contribution in [-0.2, 0) is 0 Å². The lowest BCUT2D eigenvalue weighted by atomic mass is 10.0. The van der Waals surface area contributed by atoms with Crippen molar-refractivity contribution in [1.29, 1.82) is 0 Å². The molecule has 41 heavy (non-hydrogen) atoms. The number of para-hydroxylation sites is 1. The smallest absolute Gasteiger partial charge is 0.160 e. The monoisotopic (exact) mass is 525 g/mol. The molecule has 0 spiro atoms. The van der Waals surface area contributed by atoms with Gasteiger partial charge in [-0.2, -0.15) is 0 Å². The second kappa shape index (κ2) is 9.54. The van der Waals surface area contributed by atoms with E-state index in [2.05, 4.69) is 84.9 Å². The van der Waals surface area contributed by atoms with Crippen LogP contribution in [0, 0.1) is 0 Å². The van der Waals surface area contributed by atoms with Crippen molar-refractivity contribution in [2.45, 2.75) is 0 Å². The van der Waals surface area contributed by atoms with Crippen molar-refractivity contribution in [2.24, 2.45) is 0 Å². The fraction of sp³-hybridized carbons (Fsp3) is 0. The minimum absolute atomic E-state index is 0.701. The van der Waals surface area contributed by atoms with Crippen molar-refractivity contribution in [3.63, 3.8) is 0 Å². The Morgan fingerprint density at radius 2 is 1.02 bits per heavy atom. The number of furan rings is 1. The first-order chi connectivity index (χ1) is 20.3. The summed E-state index contributed by atoms with van der Waals surface area (Å²) >= 11 is 0. The fourth-order valence-electron chi connectivity index (χ4n) is 5.38. The standard InChI is InChI=1S/C37H23N3O/c1-3-9-25(10-4-1)32-23-33(26-11-5-2-6-12-26)40-37(39-32)27-17-15-24(16-18-27)28-19-20-31-29(21-28)22-35-36(38-31)30-13-7-8-14-34(30)41-35/h1-23H. The van der Waals surface area contributed by atoms with Gasteiger partial charge < -0.3 is 4.42 Å². The zero-order chi connectivity index (χ0) is 27.2. The Morgan fingerprint density at radius 3 is 1.73 bits per heavy atom. The van der Waals surface area contributed by atoms with Crippen LogP contribution in [0.2, 0.25) is 0 Å². The summed E-state index contributed by atoms with van der Waals surface area (Å²) in [6, 6.07) is 47.5. The Kier molecular flexibility index (Phi) is 5.42. The van der Waals surface area contributed by atoms with E-state index in [0.29, 0.717) is 5.82 Å². The number of hydrogen-bond donors (Lipinski definition) is 0. The molecule has 8 aromatic rings. The maximum absolute atomic E-state index is 6.08. The summed E-state index contributed by atoms with van der Waals surface area (Å²) in [5.41, 5.74) is 10.6. The Balaban J connectivity index is 1.18. The lowest BCUT2D eigenvalue weighted by Gasteiger charge is -2.10. The van der Waals surface area contributed by atoms with Crippen molar-refractivity contribution >= 4 is 33.0 Å². The Morgan fingerprint density at radius 1 is 0.415 bits per heavy atom. The quantitative estimate of drug-likeness (QED) is 0.230. The lowest BCUT2D eigenvalue weighted by molar-refractivity contribution is 0.669. The molecule has 0 amide bonds. The van der Waals surface area contributed by atoms with Gasteiger partial charge in [0, 0.05) is 27.5 Å². The van der Waals surface area contributed by atoms with Crippen molar-refractivity contribution in [1.82, 2.24) is 15.0 Å². The van der Waals surface area contributed by atoms with Gasteiger partial charge in [-0.25, -0.2) is 15.0 Å². The number of benzene rings is 5. The zero-order valence-electron chi connectivity index (χ0n) is 22.0. The molecule has 5 aromatic carbocycles. The molecule has 0 radical (unpaired) electrons. The average Bonchev–Trinajstić information content (AvgIpc) is 3.41. The summed E-state index contributed by atoms with van der Waals surface area (Å²) in [6.45, 7) is 0. The number of pyridine rings is 1. The zero-order valence-corrected chi connectivity index (χ0v) is 22.0. The Labute approximate surface area is 236 Å². The van der Waals surface area contributed by atoms with Crippen LogP contribution >= 0.6 is 0 Å². The van der Waals surface area contributed by atoms with Gasteiger partial charge in [-0.1, -0.05) is 103 Å². The third-order valence-electron chi connectivity index (χ3n) is 7.48. The van der Waals surface area contributed by atoms with Gasteiger partial charge in [0.05, 0.1) is 16.9 Å². The number of fused-ring (bicyclic) bond motifs is 4. The highest BCUT2D eigenvalue weighted by Crippen LogP contribution is 2.33. The first kappa shape index (κ1) is 23.3. The predicted molar refractivity (Wildman–Crippen MR) is 166 cm³/mol. The minimum Gasteiger partial charge on any atom is -0.454 e. The molecule has 0 atom stereocenters. The SMILES string of the molecule is c1ccc(-c2cc(-c3ccccc3)nc(-c3ccc(-c4ccc5nc6c(cc5c4)oc4ccccc46)cc3)n2)cc1. The van der Waals surface area contributed by atoms with E-state index in [1.165, 1.54) is 0 Å². The van der Waals surface area contributed by atoms with E-state index in [1.54, 1.807) is 0 Å². The van der Waals surface area contributed by atoms with Crippen LogP contribution in [-0.4, -0.2) is 15.0 Å². The van der Waals surface area contributed by atoms with Crippen LogP contribution in [0.4, 0.5) is 0 Å². The van der Waals surface area contributed by atoms with Gasteiger partial charge in [0.15, 0.2) is 11.4 Å². The third-order valence-corrected chi connectivity index (χ3v) is 7.48. The highest BCUT2D eigenvalue weighted by atomic mass is 16.3. The number of aromatic nitrogens is 3. The fourth-order valence-corrected chi connectivity index (χ4v) is 5.38. The van der Waals surface area contributed by atoms with Gasteiger partial charge in [-0.05, 0) is 47.5 Å². The molecule has 0 saturated heterocycles. The topological polar surface area (TPSA) is 51.8 Å². The van der Waals surface area contributed by atoms with Crippen LogP contribution in [0.15, 0.2) is 144 Å². The summed E-state index contributed by atoms with van der Waals surface area (Å²) in [5, 5.41) is 2.09. The highest BCUT2D eigenvalue weighted by molar-refractivity contribution is 6.06. The van der Waals surface area contributed by atoms with Crippen LogP contribution in [0.25, 0.3) is 78.0 Å². The molecule has 0 saturated carbocycles. The first-order valence-corrected chi connectivity index (χ1v) is 13.6. The molecule has 192 valence electrons. The van der Waals surface area contributed by atoms with Crippen molar-refractivity contribution in [3.8, 4) is 45.0 Å². The third kappa shape index (κ3) is 4.23. The predicted octanol–water partition coefficient (Wildman–Crippen LogP) is 9.59. The molecule has 3 heterocycles. The molecule has 0 N–H and O–H groups in total. The molecule has 3 aromatic heterocycles. The molecule has 4 nitrogen and oxygen atoms in total. The van der Waals surface area contributed by atoms with E-state index in [4.69, 9.17) is 19.4 Å². The second-order valence-corrected chi connectivity index (χ2v) is 10.1. The molecule has 0 aliphatic rings. The van der Waals surface area contributed by atoms with Gasteiger partial charge in [0.25, 0.3) is 0 Å². The van der Waals surface area contributed by atoms with Crippen LogP contribution < -0.4 is 0 Å². The molecule has 0 bridgehead atoms. The summed E-state index contributed by atoms with van der Waals surface area (Å²) in [5.74, 6) is 0.701. The summed E-state index contributed by atoms with van der Waals surface area (Å²) in [6.07, 6.45) is 0. The van der Waals surface area contributed by atoms with Gasteiger partial charge in [0.2, 0.25) is 0 Å². The van der Waals surface area contributed by atoms with Crippen molar-refractivity contribution in [3.05, 3.63) is 140 Å². The van der Waals surface area contributed by atoms with E-state index in [-0.39, 0.29) is 0 Å². The van der Waals surface area contributed by atoms with Gasteiger partial charge in [0.1, 0.15) is 11.1 Å². The summed E-state index contributed by atoms with van der Waals surface area (Å²) < 4.78 is 6.08. The van der Waals surface area contributed by atoms with Gasteiger partial charge in [-0.3, -0.25) is 0 Å². The highest BCUT2D eigenvalue weighted by Gasteiger charge is 2.12. The maximum Gasteiger partial charge on any atom is 0.160 e. The largest absolute Gasteiger partial charge is 0.454 e. The van der Waals surface area contributed by atoms with Crippen molar-refractivity contribution in [2.75, 3.05) is 0 Å². The summed E-state index contributed by atoms with van der Waals surface area (Å²) in [4.78, 5) is 14.8. The molecular formula is C37H23N3O. The summed E-state index contributed by atoms with van der Waals surface area (Å²) in [7, 11) is 0. The van der Waals surface area contributed by atoms with Gasteiger partial charge >= 0.3 is 0 Å². The van der Waals surface area contributed by atoms with Crippen LogP contribution in [0.1, 0.15) is 0 Å². The molecule has 0 aliphatic heterocycles. The molecule has 0 unspecified atom stereocenters. The average molecular weight is 526 g/mol. The number of hydrogen-bond acceptors (Lipinski definition) is 4.